The maximum atomic E-state index is 11.3. The lowest BCUT2D eigenvalue weighted by molar-refractivity contribution is -0.141. The van der Waals surface area contributed by atoms with E-state index in [9.17, 15) is 9.59 Å². The number of hydrogen-bond donors (Lipinski definition) is 3. The summed E-state index contributed by atoms with van der Waals surface area (Å²) in [5.41, 5.74) is 0. The van der Waals surface area contributed by atoms with E-state index < -0.39 is 5.97 Å². The summed E-state index contributed by atoms with van der Waals surface area (Å²) < 4.78 is 0. The Labute approximate surface area is 108 Å². The fraction of sp³-hybridized carbons (Fsp3) is 0.692. The van der Waals surface area contributed by atoms with Gasteiger partial charge in [0.25, 0.3) is 0 Å². The van der Waals surface area contributed by atoms with Gasteiger partial charge in [-0.3, -0.25) is 4.79 Å². The number of unbranched alkanes of at least 4 members (excludes halogenated alkanes) is 2. The van der Waals surface area contributed by atoms with Crippen LogP contribution in [0.15, 0.2) is 0 Å². The van der Waals surface area contributed by atoms with E-state index in [0.29, 0.717) is 25.9 Å². The smallest absolute Gasteiger partial charge is 0.314 e. The average Bonchev–Trinajstić information content (AvgIpc) is 2.34. The zero-order valence-electron chi connectivity index (χ0n) is 10.9. The second-order valence-electron chi connectivity index (χ2n) is 4.23. The summed E-state index contributed by atoms with van der Waals surface area (Å²) in [6.45, 7) is 2.76. The van der Waals surface area contributed by atoms with Gasteiger partial charge in [0.2, 0.25) is 0 Å². The van der Waals surface area contributed by atoms with E-state index in [1.807, 2.05) is 0 Å². The molecule has 0 aromatic rings. The third-order valence-corrected chi connectivity index (χ3v) is 2.55. The number of carboxylic acid groups (broad SMARTS) is 1. The summed E-state index contributed by atoms with van der Waals surface area (Å²) in [6.07, 6.45) is 8.85. The number of nitrogens with one attached hydrogen (secondary N) is 2. The monoisotopic (exact) mass is 254 g/mol. The molecule has 0 aliphatic carbocycles. The molecule has 2 amide bonds. The molecular weight excluding hydrogens is 232 g/mol. The Kier molecular flexibility index (Phi) is 9.47. The fourth-order valence-electron chi connectivity index (χ4n) is 1.35. The van der Waals surface area contributed by atoms with Crippen molar-refractivity contribution in [2.75, 3.05) is 13.1 Å². The molecule has 5 nitrogen and oxygen atoms in total. The first-order valence-corrected chi connectivity index (χ1v) is 6.26. The molecule has 1 atom stereocenters. The molecule has 0 bridgehead atoms. The molecule has 0 aliphatic heterocycles. The molecule has 0 aromatic heterocycles. The van der Waals surface area contributed by atoms with Crippen LogP contribution in [0.5, 0.6) is 0 Å². The molecule has 0 fully saturated rings. The summed E-state index contributed by atoms with van der Waals surface area (Å²) in [4.78, 5) is 21.8. The Morgan fingerprint density at radius 2 is 1.83 bits per heavy atom. The van der Waals surface area contributed by atoms with E-state index >= 15 is 0 Å². The molecule has 0 aromatic carbocycles. The van der Waals surface area contributed by atoms with Crippen molar-refractivity contribution in [1.82, 2.24) is 10.6 Å². The van der Waals surface area contributed by atoms with E-state index in [1.54, 1.807) is 6.92 Å². The highest BCUT2D eigenvalue weighted by molar-refractivity contribution is 5.73. The maximum Gasteiger partial charge on any atom is 0.314 e. The molecule has 0 saturated heterocycles. The molecule has 0 spiro atoms. The largest absolute Gasteiger partial charge is 0.481 e. The topological polar surface area (TPSA) is 78.4 Å². The first kappa shape index (κ1) is 16.3. The van der Waals surface area contributed by atoms with Crippen LogP contribution < -0.4 is 10.6 Å². The summed E-state index contributed by atoms with van der Waals surface area (Å²) in [5, 5.41) is 14.1. The summed E-state index contributed by atoms with van der Waals surface area (Å²) >= 11 is 0. The highest BCUT2D eigenvalue weighted by Crippen LogP contribution is 2.03. The zero-order valence-corrected chi connectivity index (χ0v) is 10.9. The van der Waals surface area contributed by atoms with Gasteiger partial charge in [0, 0.05) is 19.5 Å². The Bertz CT molecular complexity index is 297. The molecule has 0 rings (SSSR count). The number of terminal acetylenes is 1. The molecular formula is C13H22N2O3. The summed E-state index contributed by atoms with van der Waals surface area (Å²) in [5.74, 6) is 1.38. The van der Waals surface area contributed by atoms with Crippen molar-refractivity contribution >= 4 is 12.0 Å². The predicted molar refractivity (Wildman–Crippen MR) is 70.1 cm³/mol. The predicted octanol–water partition coefficient (Wildman–Crippen LogP) is 1.59. The summed E-state index contributed by atoms with van der Waals surface area (Å²) in [7, 11) is 0. The summed E-state index contributed by atoms with van der Waals surface area (Å²) in [6, 6.07) is -0.210. The second kappa shape index (κ2) is 10.5. The number of carbonyl (C=O) groups excluding carboxylic acids is 1. The van der Waals surface area contributed by atoms with Gasteiger partial charge in [-0.25, -0.2) is 4.79 Å². The van der Waals surface area contributed by atoms with Gasteiger partial charge in [-0.15, -0.1) is 12.3 Å². The highest BCUT2D eigenvalue weighted by Gasteiger charge is 2.09. The van der Waals surface area contributed by atoms with Crippen LogP contribution >= 0.6 is 0 Å². The number of hydrogen-bond acceptors (Lipinski definition) is 2. The number of rotatable bonds is 9. The van der Waals surface area contributed by atoms with Crippen LogP contribution in [-0.4, -0.2) is 30.2 Å². The van der Waals surface area contributed by atoms with Gasteiger partial charge in [-0.2, -0.15) is 0 Å². The molecule has 0 saturated carbocycles. The first-order chi connectivity index (χ1) is 8.57. The van der Waals surface area contributed by atoms with Gasteiger partial charge in [-0.05, 0) is 25.7 Å². The van der Waals surface area contributed by atoms with Gasteiger partial charge >= 0.3 is 12.0 Å². The van der Waals surface area contributed by atoms with Crippen LogP contribution in [0, 0.1) is 18.3 Å². The van der Waals surface area contributed by atoms with E-state index in [2.05, 4.69) is 16.6 Å². The van der Waals surface area contributed by atoms with Crippen molar-refractivity contribution in [3.63, 3.8) is 0 Å². The van der Waals surface area contributed by atoms with Crippen LogP contribution in [-0.2, 0) is 4.79 Å². The van der Waals surface area contributed by atoms with Crippen molar-refractivity contribution in [3.05, 3.63) is 0 Å². The van der Waals surface area contributed by atoms with Crippen molar-refractivity contribution in [2.24, 2.45) is 5.92 Å². The SMILES string of the molecule is C#CCCCCNC(=O)NCCCC(C)C(=O)O. The van der Waals surface area contributed by atoms with Gasteiger partial charge in [0.1, 0.15) is 0 Å². The first-order valence-electron chi connectivity index (χ1n) is 6.26. The lowest BCUT2D eigenvalue weighted by atomic mass is 10.1. The molecule has 0 radical (unpaired) electrons. The second-order valence-corrected chi connectivity index (χ2v) is 4.23. The van der Waals surface area contributed by atoms with Crippen LogP contribution in [0.4, 0.5) is 4.79 Å². The Morgan fingerprint density at radius 1 is 1.22 bits per heavy atom. The lowest BCUT2D eigenvalue weighted by Gasteiger charge is -2.08. The van der Waals surface area contributed by atoms with Crippen LogP contribution in [0.1, 0.15) is 39.0 Å². The molecule has 0 aliphatic rings. The molecule has 5 heteroatoms. The molecule has 18 heavy (non-hydrogen) atoms. The quantitative estimate of drug-likeness (QED) is 0.432. The van der Waals surface area contributed by atoms with Crippen molar-refractivity contribution in [3.8, 4) is 12.3 Å². The molecule has 0 heterocycles. The van der Waals surface area contributed by atoms with E-state index in [4.69, 9.17) is 11.5 Å². The van der Waals surface area contributed by atoms with Gasteiger partial charge < -0.3 is 15.7 Å². The van der Waals surface area contributed by atoms with Gasteiger partial charge in [0.15, 0.2) is 0 Å². The van der Waals surface area contributed by atoms with E-state index in [1.165, 1.54) is 0 Å². The fourth-order valence-corrected chi connectivity index (χ4v) is 1.35. The zero-order chi connectivity index (χ0) is 13.8. The molecule has 102 valence electrons. The molecule has 1 unspecified atom stereocenters. The third kappa shape index (κ3) is 9.52. The minimum Gasteiger partial charge on any atom is -0.481 e. The number of carboxylic acids is 1. The van der Waals surface area contributed by atoms with Crippen molar-refractivity contribution in [1.29, 1.82) is 0 Å². The maximum absolute atomic E-state index is 11.3. The van der Waals surface area contributed by atoms with Crippen LogP contribution in [0.25, 0.3) is 0 Å². The van der Waals surface area contributed by atoms with Crippen molar-refractivity contribution in [2.45, 2.75) is 39.0 Å². The van der Waals surface area contributed by atoms with Crippen LogP contribution in [0.2, 0.25) is 0 Å². The van der Waals surface area contributed by atoms with E-state index in [-0.39, 0.29) is 11.9 Å². The number of amides is 2. The standard InChI is InChI=1S/C13H22N2O3/c1-3-4-5-6-9-14-13(18)15-10-7-8-11(2)12(16)17/h1,11H,4-10H2,2H3,(H,16,17)(H2,14,15,18). The lowest BCUT2D eigenvalue weighted by Crippen LogP contribution is -2.36. The third-order valence-electron chi connectivity index (χ3n) is 2.55. The average molecular weight is 254 g/mol. The normalized spacial score (nSPS) is 11.3. The minimum absolute atomic E-state index is 0.210. The molecule has 3 N–H and O–H groups in total. The van der Waals surface area contributed by atoms with E-state index in [0.717, 1.165) is 19.3 Å². The van der Waals surface area contributed by atoms with Gasteiger partial charge in [0.05, 0.1) is 5.92 Å². The number of carbonyl (C=O) groups is 2. The highest BCUT2D eigenvalue weighted by atomic mass is 16.4. The van der Waals surface area contributed by atoms with Crippen LogP contribution in [0.3, 0.4) is 0 Å². The Morgan fingerprint density at radius 3 is 2.39 bits per heavy atom. The number of urea groups is 1. The Hall–Kier alpha value is -1.70. The van der Waals surface area contributed by atoms with Crippen molar-refractivity contribution < 1.29 is 14.7 Å². The minimum atomic E-state index is -0.798. The number of aliphatic carboxylic acids is 1. The van der Waals surface area contributed by atoms with Gasteiger partial charge in [-0.1, -0.05) is 6.92 Å². The Balaban J connectivity index is 3.38.